The van der Waals surface area contributed by atoms with Crippen molar-refractivity contribution >= 4 is 5.96 Å². The number of aliphatic imine (C=N–C) groups is 1. The number of aryl methyl sites for hydroxylation is 1. The molecule has 4 heteroatoms. The summed E-state index contributed by atoms with van der Waals surface area (Å²) in [6.45, 7) is 0. The predicted molar refractivity (Wildman–Crippen MR) is 74.7 cm³/mol. The van der Waals surface area contributed by atoms with Gasteiger partial charge in [0, 0.05) is 34.4 Å². The van der Waals surface area contributed by atoms with Crippen LogP contribution in [0.4, 0.5) is 0 Å². The summed E-state index contributed by atoms with van der Waals surface area (Å²) in [5.41, 5.74) is 2.51. The molecule has 0 aromatic carbocycles. The van der Waals surface area contributed by atoms with E-state index in [0.29, 0.717) is 0 Å². The van der Waals surface area contributed by atoms with Crippen LogP contribution >= 0.6 is 0 Å². The van der Waals surface area contributed by atoms with Crippen molar-refractivity contribution < 1.29 is 0 Å². The van der Waals surface area contributed by atoms with Crippen LogP contribution < -0.4 is 0 Å². The number of pyridine rings is 1. The second kappa shape index (κ2) is 5.38. The van der Waals surface area contributed by atoms with Crippen LogP contribution in [-0.4, -0.2) is 48.9 Å². The van der Waals surface area contributed by atoms with Gasteiger partial charge in [0.2, 0.25) is 0 Å². The lowest BCUT2D eigenvalue weighted by molar-refractivity contribution is 0.459. The molecule has 0 N–H and O–H groups in total. The fourth-order valence-corrected chi connectivity index (χ4v) is 2.48. The molecule has 1 heterocycles. The van der Waals surface area contributed by atoms with Crippen molar-refractivity contribution in [3.05, 3.63) is 29.6 Å². The molecule has 1 atom stereocenters. The molecule has 0 bridgehead atoms. The quantitative estimate of drug-likeness (QED) is 0.560. The molecular formula is C14H22N4. The summed E-state index contributed by atoms with van der Waals surface area (Å²) in [6, 6.07) is 4.40. The van der Waals surface area contributed by atoms with Gasteiger partial charge in [-0.2, -0.15) is 0 Å². The molecule has 2 rings (SSSR count). The van der Waals surface area contributed by atoms with Gasteiger partial charge < -0.3 is 9.80 Å². The maximum Gasteiger partial charge on any atom is 0.196 e. The molecule has 0 saturated heterocycles. The van der Waals surface area contributed by atoms with Gasteiger partial charge in [0.05, 0.1) is 11.7 Å². The smallest absolute Gasteiger partial charge is 0.196 e. The Morgan fingerprint density at radius 3 is 2.67 bits per heavy atom. The average molecular weight is 246 g/mol. The molecule has 1 aliphatic rings. The van der Waals surface area contributed by atoms with E-state index < -0.39 is 0 Å². The lowest BCUT2D eigenvalue weighted by Crippen LogP contribution is -2.36. The highest BCUT2D eigenvalue weighted by atomic mass is 15.3. The zero-order chi connectivity index (χ0) is 13.1. The summed E-state index contributed by atoms with van der Waals surface area (Å²) in [5, 5.41) is 0. The van der Waals surface area contributed by atoms with Crippen molar-refractivity contribution in [3.63, 3.8) is 0 Å². The van der Waals surface area contributed by atoms with Gasteiger partial charge in [-0.3, -0.25) is 4.98 Å². The molecule has 0 radical (unpaired) electrons. The first kappa shape index (κ1) is 12.9. The fraction of sp³-hybridized carbons (Fsp3) is 0.571. The van der Waals surface area contributed by atoms with Gasteiger partial charge in [-0.05, 0) is 30.9 Å². The number of hydrogen-bond acceptors (Lipinski definition) is 2. The molecule has 98 valence electrons. The number of aromatic nitrogens is 1. The van der Waals surface area contributed by atoms with Gasteiger partial charge in [0.1, 0.15) is 0 Å². The minimum absolute atomic E-state index is 0.203. The van der Waals surface area contributed by atoms with Gasteiger partial charge >= 0.3 is 0 Å². The van der Waals surface area contributed by atoms with Crippen molar-refractivity contribution in [2.24, 2.45) is 4.99 Å². The molecular weight excluding hydrogens is 224 g/mol. The van der Waals surface area contributed by atoms with E-state index in [0.717, 1.165) is 24.5 Å². The van der Waals surface area contributed by atoms with Gasteiger partial charge in [0.25, 0.3) is 0 Å². The summed E-state index contributed by atoms with van der Waals surface area (Å²) in [5.74, 6) is 0.999. The number of guanidine groups is 1. The molecule has 0 saturated carbocycles. The summed E-state index contributed by atoms with van der Waals surface area (Å²) in [6.07, 6.45) is 5.29. The first-order chi connectivity index (χ1) is 8.59. The molecule has 0 amide bonds. The van der Waals surface area contributed by atoms with Crippen LogP contribution in [0, 0.1) is 0 Å². The van der Waals surface area contributed by atoms with Gasteiger partial charge in [-0.15, -0.1) is 0 Å². The maximum absolute atomic E-state index is 4.88. The highest BCUT2D eigenvalue weighted by molar-refractivity contribution is 5.79. The van der Waals surface area contributed by atoms with Crippen molar-refractivity contribution in [1.29, 1.82) is 0 Å². The topological polar surface area (TPSA) is 31.7 Å². The number of nitrogens with zero attached hydrogens (tertiary/aromatic N) is 4. The lowest BCUT2D eigenvalue weighted by atomic mass is 9.92. The molecule has 0 fully saturated rings. The van der Waals surface area contributed by atoms with Crippen molar-refractivity contribution in [2.45, 2.75) is 25.3 Å². The van der Waals surface area contributed by atoms with E-state index in [4.69, 9.17) is 4.99 Å². The third kappa shape index (κ3) is 2.63. The predicted octanol–water partition coefficient (Wildman–Crippen LogP) is 1.94. The SMILES string of the molecule is CN(C)C(=NC1CCCc2cccnc21)N(C)C. The third-order valence-corrected chi connectivity index (χ3v) is 3.24. The normalized spacial score (nSPS) is 17.9. The summed E-state index contributed by atoms with van der Waals surface area (Å²) in [7, 11) is 8.12. The summed E-state index contributed by atoms with van der Waals surface area (Å²) < 4.78 is 0. The van der Waals surface area contributed by atoms with Gasteiger partial charge in [-0.1, -0.05) is 6.07 Å². The van der Waals surface area contributed by atoms with E-state index in [2.05, 4.69) is 20.9 Å². The number of fused-ring (bicyclic) bond motifs is 1. The molecule has 0 aliphatic heterocycles. The first-order valence-corrected chi connectivity index (χ1v) is 6.46. The van der Waals surface area contributed by atoms with Crippen LogP contribution in [0.1, 0.15) is 30.1 Å². The number of rotatable bonds is 1. The van der Waals surface area contributed by atoms with E-state index >= 15 is 0 Å². The Balaban J connectivity index is 2.33. The molecule has 1 aromatic rings. The highest BCUT2D eigenvalue weighted by Crippen LogP contribution is 2.30. The van der Waals surface area contributed by atoms with Crippen LogP contribution in [0.3, 0.4) is 0 Å². The van der Waals surface area contributed by atoms with Crippen LogP contribution in [0.2, 0.25) is 0 Å². The van der Waals surface area contributed by atoms with Gasteiger partial charge in [0.15, 0.2) is 5.96 Å². The highest BCUT2D eigenvalue weighted by Gasteiger charge is 2.22. The van der Waals surface area contributed by atoms with Crippen molar-refractivity contribution in [3.8, 4) is 0 Å². The summed E-state index contributed by atoms with van der Waals surface area (Å²) in [4.78, 5) is 13.5. The Labute approximate surface area is 109 Å². The maximum atomic E-state index is 4.88. The van der Waals surface area contributed by atoms with E-state index in [9.17, 15) is 0 Å². The Kier molecular flexibility index (Phi) is 3.84. The average Bonchev–Trinajstić information content (AvgIpc) is 2.35. The zero-order valence-electron chi connectivity index (χ0n) is 11.7. The van der Waals surface area contributed by atoms with E-state index in [-0.39, 0.29) is 6.04 Å². The van der Waals surface area contributed by atoms with Crippen LogP contribution in [0.25, 0.3) is 0 Å². The van der Waals surface area contributed by atoms with Crippen LogP contribution in [0.5, 0.6) is 0 Å². The second-order valence-electron chi connectivity index (χ2n) is 5.17. The Hall–Kier alpha value is -1.58. The third-order valence-electron chi connectivity index (χ3n) is 3.24. The van der Waals surface area contributed by atoms with Gasteiger partial charge in [-0.25, -0.2) is 4.99 Å². The minimum Gasteiger partial charge on any atom is -0.349 e. The van der Waals surface area contributed by atoms with Crippen LogP contribution in [0.15, 0.2) is 23.3 Å². The fourth-order valence-electron chi connectivity index (χ4n) is 2.48. The van der Waals surface area contributed by atoms with Crippen molar-refractivity contribution in [2.75, 3.05) is 28.2 Å². The Morgan fingerprint density at radius 2 is 2.00 bits per heavy atom. The molecule has 1 aliphatic carbocycles. The van der Waals surface area contributed by atoms with Crippen molar-refractivity contribution in [1.82, 2.24) is 14.8 Å². The molecule has 4 nitrogen and oxygen atoms in total. The largest absolute Gasteiger partial charge is 0.349 e. The van der Waals surface area contributed by atoms with E-state index in [1.54, 1.807) is 0 Å². The van der Waals surface area contributed by atoms with E-state index in [1.807, 2.05) is 40.5 Å². The molecule has 0 spiro atoms. The lowest BCUT2D eigenvalue weighted by Gasteiger charge is -2.27. The second-order valence-corrected chi connectivity index (χ2v) is 5.17. The van der Waals surface area contributed by atoms with E-state index in [1.165, 1.54) is 12.0 Å². The monoisotopic (exact) mass is 246 g/mol. The Bertz CT molecular complexity index is 427. The standard InChI is InChI=1S/C14H22N4/c1-17(2)14(18(3)4)16-12-9-5-7-11-8-6-10-15-13(11)12/h6,8,10,12H,5,7,9H2,1-4H3. The number of hydrogen-bond donors (Lipinski definition) is 0. The summed E-state index contributed by atoms with van der Waals surface area (Å²) >= 11 is 0. The Morgan fingerprint density at radius 1 is 1.28 bits per heavy atom. The molecule has 1 aromatic heterocycles. The first-order valence-electron chi connectivity index (χ1n) is 6.46. The van der Waals surface area contributed by atoms with Crippen LogP contribution in [-0.2, 0) is 6.42 Å². The minimum atomic E-state index is 0.203. The zero-order valence-corrected chi connectivity index (χ0v) is 11.7. The molecule has 18 heavy (non-hydrogen) atoms. The molecule has 1 unspecified atom stereocenters.